The fourth-order valence-corrected chi connectivity index (χ4v) is 2.52. The molecule has 1 aliphatic heterocycles. The first-order valence-electron chi connectivity index (χ1n) is 6.79. The molecule has 1 saturated heterocycles. The Morgan fingerprint density at radius 3 is 3.06 bits per heavy atom. The highest BCUT2D eigenvalue weighted by Crippen LogP contribution is 2.28. The summed E-state index contributed by atoms with van der Waals surface area (Å²) in [4.78, 5) is 6.70. The number of nitrogens with one attached hydrogen (secondary N) is 1. The first kappa shape index (κ1) is 11.9. The van der Waals surface area contributed by atoms with Gasteiger partial charge in [-0.15, -0.1) is 0 Å². The van der Waals surface area contributed by atoms with Gasteiger partial charge >= 0.3 is 0 Å². The number of anilines is 1. The van der Waals surface area contributed by atoms with Crippen LogP contribution < -0.4 is 10.2 Å². The highest BCUT2D eigenvalue weighted by atomic mass is 16.3. The minimum absolute atomic E-state index is 0.571. The van der Waals surface area contributed by atoms with Crippen LogP contribution in [0, 0.1) is 0 Å². The van der Waals surface area contributed by atoms with Gasteiger partial charge in [-0.05, 0) is 32.3 Å². The molecule has 0 bridgehead atoms. The molecule has 98 valence electrons. The average molecular weight is 247 g/mol. The second-order valence-electron chi connectivity index (χ2n) is 5.81. The van der Waals surface area contributed by atoms with E-state index in [1.54, 1.807) is 0 Å². The third kappa shape index (κ3) is 2.65. The quantitative estimate of drug-likeness (QED) is 0.842. The number of nitrogens with zero attached hydrogens (tertiary/aromatic N) is 2. The Bertz CT molecular complexity index is 429. The van der Waals surface area contributed by atoms with Gasteiger partial charge in [0.05, 0.1) is 5.60 Å². The van der Waals surface area contributed by atoms with Crippen LogP contribution in [-0.2, 0) is 6.54 Å². The summed E-state index contributed by atoms with van der Waals surface area (Å²) in [7, 11) is 0. The van der Waals surface area contributed by atoms with Crippen LogP contribution in [0.25, 0.3) is 0 Å². The zero-order valence-corrected chi connectivity index (χ0v) is 10.9. The van der Waals surface area contributed by atoms with Gasteiger partial charge in [-0.25, -0.2) is 4.98 Å². The Labute approximate surface area is 108 Å². The lowest BCUT2D eigenvalue weighted by molar-refractivity contribution is 0.0839. The van der Waals surface area contributed by atoms with Crippen molar-refractivity contribution < 1.29 is 5.11 Å². The molecule has 3 rings (SSSR count). The lowest BCUT2D eigenvalue weighted by Gasteiger charge is -2.22. The second-order valence-corrected chi connectivity index (χ2v) is 5.81. The van der Waals surface area contributed by atoms with Gasteiger partial charge in [0.1, 0.15) is 5.82 Å². The molecule has 4 heteroatoms. The molecule has 2 N–H and O–H groups in total. The maximum absolute atomic E-state index is 10.1. The first-order chi connectivity index (χ1) is 8.64. The van der Waals surface area contributed by atoms with E-state index in [0.717, 1.165) is 25.3 Å². The molecule has 1 atom stereocenters. The molecular formula is C14H21N3O. The average Bonchev–Trinajstić information content (AvgIpc) is 3.10. The lowest BCUT2D eigenvalue weighted by atomic mass is 10.1. The van der Waals surface area contributed by atoms with Crippen LogP contribution in [0.5, 0.6) is 0 Å². The number of β-amino-alcohol motifs (C(OH)–C–C–N with tert-alkyl or cyclic N) is 1. The molecule has 2 aliphatic rings. The van der Waals surface area contributed by atoms with Crippen molar-refractivity contribution in [2.24, 2.45) is 0 Å². The van der Waals surface area contributed by atoms with Crippen LogP contribution in [0.4, 0.5) is 5.82 Å². The first-order valence-corrected chi connectivity index (χ1v) is 6.79. The number of aliphatic hydroxyl groups is 1. The van der Waals surface area contributed by atoms with Crippen LogP contribution >= 0.6 is 0 Å². The van der Waals surface area contributed by atoms with E-state index >= 15 is 0 Å². The Kier molecular flexibility index (Phi) is 2.99. The summed E-state index contributed by atoms with van der Waals surface area (Å²) in [5, 5.41) is 13.6. The maximum atomic E-state index is 10.1. The molecular weight excluding hydrogens is 226 g/mol. The highest BCUT2D eigenvalue weighted by Gasteiger charge is 2.33. The number of pyridine rings is 1. The zero-order chi connectivity index (χ0) is 12.6. The van der Waals surface area contributed by atoms with E-state index < -0.39 is 5.60 Å². The van der Waals surface area contributed by atoms with E-state index in [1.165, 1.54) is 18.4 Å². The molecule has 0 aromatic carbocycles. The summed E-state index contributed by atoms with van der Waals surface area (Å²) < 4.78 is 0. The predicted molar refractivity (Wildman–Crippen MR) is 71.6 cm³/mol. The highest BCUT2D eigenvalue weighted by molar-refractivity contribution is 5.48. The zero-order valence-electron chi connectivity index (χ0n) is 10.9. The molecule has 0 radical (unpaired) electrons. The molecule has 1 aromatic heterocycles. The van der Waals surface area contributed by atoms with E-state index in [2.05, 4.69) is 21.3 Å². The van der Waals surface area contributed by atoms with Gasteiger partial charge in [-0.2, -0.15) is 0 Å². The number of rotatable bonds is 4. The molecule has 0 spiro atoms. The number of aromatic nitrogens is 1. The molecule has 2 heterocycles. The van der Waals surface area contributed by atoms with E-state index in [9.17, 15) is 5.11 Å². The second kappa shape index (κ2) is 4.52. The standard InChI is InChI=1S/C14H21N3O/c1-14(18)6-8-17(10-14)13-11(3-2-7-15-13)9-16-12-4-5-12/h2-3,7,12,16,18H,4-6,8-10H2,1H3. The van der Waals surface area contributed by atoms with E-state index in [1.807, 2.05) is 19.2 Å². The predicted octanol–water partition coefficient (Wildman–Crippen LogP) is 1.29. The summed E-state index contributed by atoms with van der Waals surface area (Å²) in [5.74, 6) is 1.03. The Morgan fingerprint density at radius 1 is 1.56 bits per heavy atom. The van der Waals surface area contributed by atoms with Crippen molar-refractivity contribution in [2.45, 2.75) is 44.4 Å². The van der Waals surface area contributed by atoms with Gasteiger partial charge in [0.25, 0.3) is 0 Å². The normalized spacial score (nSPS) is 27.8. The molecule has 0 amide bonds. The molecule has 1 aromatic rings. The third-order valence-electron chi connectivity index (χ3n) is 3.78. The fourth-order valence-electron chi connectivity index (χ4n) is 2.52. The molecule has 1 unspecified atom stereocenters. The van der Waals surface area contributed by atoms with E-state index in [4.69, 9.17) is 0 Å². The maximum Gasteiger partial charge on any atom is 0.133 e. The number of hydrogen-bond acceptors (Lipinski definition) is 4. The van der Waals surface area contributed by atoms with Gasteiger partial charge in [0, 0.05) is 37.4 Å². The van der Waals surface area contributed by atoms with E-state index in [0.29, 0.717) is 12.6 Å². The summed E-state index contributed by atoms with van der Waals surface area (Å²) in [6, 6.07) is 4.83. The minimum atomic E-state index is -0.571. The number of hydrogen-bond donors (Lipinski definition) is 2. The van der Waals surface area contributed by atoms with Gasteiger partial charge in [-0.1, -0.05) is 6.07 Å². The van der Waals surface area contributed by atoms with Gasteiger partial charge in [-0.3, -0.25) is 0 Å². The van der Waals surface area contributed by atoms with E-state index in [-0.39, 0.29) is 0 Å². The Hall–Kier alpha value is -1.13. The SMILES string of the molecule is CC1(O)CCN(c2ncccc2CNC2CC2)C1. The van der Waals surface area contributed by atoms with Gasteiger partial charge in [0.15, 0.2) is 0 Å². The summed E-state index contributed by atoms with van der Waals surface area (Å²) in [5.41, 5.74) is 0.667. The van der Waals surface area contributed by atoms with Crippen LogP contribution in [0.15, 0.2) is 18.3 Å². The molecule has 18 heavy (non-hydrogen) atoms. The lowest BCUT2D eigenvalue weighted by Crippen LogP contribution is -2.31. The van der Waals surface area contributed by atoms with Crippen molar-refractivity contribution in [3.63, 3.8) is 0 Å². The molecule has 2 fully saturated rings. The molecule has 4 nitrogen and oxygen atoms in total. The van der Waals surface area contributed by atoms with Gasteiger partial charge < -0.3 is 15.3 Å². The van der Waals surface area contributed by atoms with Crippen molar-refractivity contribution in [1.29, 1.82) is 0 Å². The fraction of sp³-hybridized carbons (Fsp3) is 0.643. The van der Waals surface area contributed by atoms with Crippen molar-refractivity contribution in [3.05, 3.63) is 23.9 Å². The third-order valence-corrected chi connectivity index (χ3v) is 3.78. The monoisotopic (exact) mass is 247 g/mol. The van der Waals surface area contributed by atoms with Crippen LogP contribution in [0.3, 0.4) is 0 Å². The van der Waals surface area contributed by atoms with Gasteiger partial charge in [0.2, 0.25) is 0 Å². The van der Waals surface area contributed by atoms with Crippen molar-refractivity contribution in [3.8, 4) is 0 Å². The Balaban J connectivity index is 1.73. The van der Waals surface area contributed by atoms with Crippen molar-refractivity contribution >= 4 is 5.82 Å². The van der Waals surface area contributed by atoms with Crippen molar-refractivity contribution in [1.82, 2.24) is 10.3 Å². The van der Waals surface area contributed by atoms with Crippen LogP contribution in [-0.4, -0.2) is 34.8 Å². The molecule has 1 aliphatic carbocycles. The smallest absolute Gasteiger partial charge is 0.133 e. The summed E-state index contributed by atoms with van der Waals surface area (Å²) in [6.45, 7) is 4.35. The molecule has 1 saturated carbocycles. The Morgan fingerprint density at radius 2 is 2.39 bits per heavy atom. The van der Waals surface area contributed by atoms with Crippen molar-refractivity contribution in [2.75, 3.05) is 18.0 Å². The summed E-state index contributed by atoms with van der Waals surface area (Å²) >= 11 is 0. The van der Waals surface area contributed by atoms with Crippen LogP contribution in [0.2, 0.25) is 0 Å². The minimum Gasteiger partial charge on any atom is -0.388 e. The summed E-state index contributed by atoms with van der Waals surface area (Å²) in [6.07, 6.45) is 5.25. The largest absolute Gasteiger partial charge is 0.388 e. The van der Waals surface area contributed by atoms with Crippen LogP contribution in [0.1, 0.15) is 31.7 Å². The topological polar surface area (TPSA) is 48.4 Å².